The van der Waals surface area contributed by atoms with Crippen molar-refractivity contribution < 1.29 is 4.79 Å². The maximum atomic E-state index is 12.3. The molecular weight excluding hydrogens is 276 g/mol. The van der Waals surface area contributed by atoms with Gasteiger partial charge in [0.15, 0.2) is 0 Å². The monoisotopic (exact) mass is 298 g/mol. The maximum Gasteiger partial charge on any atom is 0.274 e. The van der Waals surface area contributed by atoms with Crippen molar-refractivity contribution in [1.82, 2.24) is 9.97 Å². The van der Waals surface area contributed by atoms with Gasteiger partial charge in [0, 0.05) is 18.3 Å². The predicted molar refractivity (Wildman–Crippen MR) is 89.2 cm³/mol. The second-order valence-corrected chi connectivity index (χ2v) is 5.78. The van der Waals surface area contributed by atoms with Crippen LogP contribution in [0, 0.1) is 19.8 Å². The van der Waals surface area contributed by atoms with Crippen molar-refractivity contribution in [1.29, 1.82) is 0 Å². The van der Waals surface area contributed by atoms with Gasteiger partial charge in [-0.1, -0.05) is 26.0 Å². The lowest BCUT2D eigenvalue weighted by Crippen LogP contribution is -2.17. The Morgan fingerprint density at radius 1 is 1.18 bits per heavy atom. The zero-order valence-electron chi connectivity index (χ0n) is 13.5. The minimum atomic E-state index is -0.233. The second-order valence-electron chi connectivity index (χ2n) is 5.78. The molecule has 0 saturated heterocycles. The topological polar surface area (TPSA) is 66.9 Å². The van der Waals surface area contributed by atoms with E-state index in [1.54, 1.807) is 13.0 Å². The van der Waals surface area contributed by atoms with Gasteiger partial charge in [-0.2, -0.15) is 0 Å². The van der Waals surface area contributed by atoms with Gasteiger partial charge in [-0.25, -0.2) is 9.97 Å². The van der Waals surface area contributed by atoms with Gasteiger partial charge in [0.2, 0.25) is 0 Å². The maximum absolute atomic E-state index is 12.3. The number of rotatable bonds is 5. The highest BCUT2D eigenvalue weighted by atomic mass is 16.1. The minimum Gasteiger partial charge on any atom is -0.370 e. The highest BCUT2D eigenvalue weighted by molar-refractivity contribution is 6.03. The van der Waals surface area contributed by atoms with Crippen molar-refractivity contribution in [3.05, 3.63) is 47.4 Å². The molecule has 0 aliphatic rings. The van der Waals surface area contributed by atoms with Crippen LogP contribution in [0.5, 0.6) is 0 Å². The molecular formula is C17H22N4O. The number of carbonyl (C=O) groups is 1. The fourth-order valence-corrected chi connectivity index (χ4v) is 2.00. The van der Waals surface area contributed by atoms with Gasteiger partial charge in [-0.3, -0.25) is 4.79 Å². The standard InChI is InChI=1S/C17H22N4O/c1-11(2)10-18-16-9-15(19-13(4)20-16)17(22)21-14-7-5-6-12(3)8-14/h5-9,11H,10H2,1-4H3,(H,21,22)(H,18,19,20). The van der Waals surface area contributed by atoms with Crippen LogP contribution < -0.4 is 10.6 Å². The Bertz CT molecular complexity index is 667. The fourth-order valence-electron chi connectivity index (χ4n) is 2.00. The molecule has 0 saturated carbocycles. The van der Waals surface area contributed by atoms with Gasteiger partial charge in [-0.05, 0) is 37.5 Å². The first-order chi connectivity index (χ1) is 10.4. The van der Waals surface area contributed by atoms with Gasteiger partial charge in [0.1, 0.15) is 17.3 Å². The van der Waals surface area contributed by atoms with E-state index in [9.17, 15) is 4.79 Å². The van der Waals surface area contributed by atoms with Gasteiger partial charge in [-0.15, -0.1) is 0 Å². The number of nitrogens with one attached hydrogen (secondary N) is 2. The molecule has 0 radical (unpaired) electrons. The molecule has 0 atom stereocenters. The Balaban J connectivity index is 2.15. The molecule has 1 aromatic heterocycles. The van der Waals surface area contributed by atoms with Crippen LogP contribution in [0.15, 0.2) is 30.3 Å². The van der Waals surface area contributed by atoms with Crippen LogP contribution in [0.1, 0.15) is 35.7 Å². The van der Waals surface area contributed by atoms with Gasteiger partial charge in [0.25, 0.3) is 5.91 Å². The molecule has 5 nitrogen and oxygen atoms in total. The second kappa shape index (κ2) is 7.02. The van der Waals surface area contributed by atoms with Gasteiger partial charge >= 0.3 is 0 Å². The fraction of sp³-hybridized carbons (Fsp3) is 0.353. The first kappa shape index (κ1) is 15.9. The van der Waals surface area contributed by atoms with Crippen LogP contribution in [0.2, 0.25) is 0 Å². The van der Waals surface area contributed by atoms with Crippen LogP contribution in [0.25, 0.3) is 0 Å². The van der Waals surface area contributed by atoms with E-state index in [-0.39, 0.29) is 5.91 Å². The lowest BCUT2D eigenvalue weighted by atomic mass is 10.2. The van der Waals surface area contributed by atoms with Crippen molar-refractivity contribution in [2.75, 3.05) is 17.2 Å². The number of hydrogen-bond donors (Lipinski definition) is 2. The lowest BCUT2D eigenvalue weighted by Gasteiger charge is -2.10. The molecule has 1 amide bonds. The number of aromatic nitrogens is 2. The quantitative estimate of drug-likeness (QED) is 0.887. The zero-order chi connectivity index (χ0) is 16.1. The van der Waals surface area contributed by atoms with E-state index in [0.717, 1.165) is 17.8 Å². The first-order valence-corrected chi connectivity index (χ1v) is 7.41. The smallest absolute Gasteiger partial charge is 0.274 e. The average molecular weight is 298 g/mol. The van der Waals surface area contributed by atoms with Crippen LogP contribution in [0.4, 0.5) is 11.5 Å². The Kier molecular flexibility index (Phi) is 5.09. The van der Waals surface area contributed by atoms with E-state index in [1.807, 2.05) is 31.2 Å². The summed E-state index contributed by atoms with van der Waals surface area (Å²) in [6.07, 6.45) is 0. The third-order valence-electron chi connectivity index (χ3n) is 3.04. The van der Waals surface area contributed by atoms with Crippen molar-refractivity contribution in [2.24, 2.45) is 5.92 Å². The summed E-state index contributed by atoms with van der Waals surface area (Å²) in [5, 5.41) is 6.08. The summed E-state index contributed by atoms with van der Waals surface area (Å²) < 4.78 is 0. The Hall–Kier alpha value is -2.43. The number of amides is 1. The molecule has 2 rings (SSSR count). The van der Waals surface area contributed by atoms with Crippen molar-refractivity contribution in [3.63, 3.8) is 0 Å². The van der Waals surface area contributed by atoms with E-state index in [4.69, 9.17) is 0 Å². The predicted octanol–water partition coefficient (Wildman–Crippen LogP) is 3.41. The molecule has 0 aliphatic heterocycles. The highest BCUT2D eigenvalue weighted by Gasteiger charge is 2.11. The van der Waals surface area contributed by atoms with Crippen LogP contribution >= 0.6 is 0 Å². The molecule has 2 aromatic rings. The number of aryl methyl sites for hydroxylation is 2. The lowest BCUT2D eigenvalue weighted by molar-refractivity contribution is 0.102. The third-order valence-corrected chi connectivity index (χ3v) is 3.04. The molecule has 116 valence electrons. The molecule has 0 bridgehead atoms. The molecule has 22 heavy (non-hydrogen) atoms. The zero-order valence-corrected chi connectivity index (χ0v) is 13.5. The number of anilines is 2. The Morgan fingerprint density at radius 2 is 1.95 bits per heavy atom. The summed E-state index contributed by atoms with van der Waals surface area (Å²) in [6, 6.07) is 9.35. The number of carbonyl (C=O) groups excluding carboxylic acids is 1. The summed E-state index contributed by atoms with van der Waals surface area (Å²) in [7, 11) is 0. The molecule has 0 fully saturated rings. The van der Waals surface area contributed by atoms with E-state index in [1.165, 1.54) is 0 Å². The highest BCUT2D eigenvalue weighted by Crippen LogP contribution is 2.13. The number of nitrogens with zero attached hydrogens (tertiary/aromatic N) is 2. The normalized spacial score (nSPS) is 10.6. The molecule has 1 aromatic carbocycles. The van der Waals surface area contributed by atoms with Crippen LogP contribution in [-0.2, 0) is 0 Å². The third kappa shape index (κ3) is 4.55. The van der Waals surface area contributed by atoms with E-state index in [2.05, 4.69) is 34.4 Å². The summed E-state index contributed by atoms with van der Waals surface area (Å²) in [6.45, 7) is 8.80. The molecule has 0 spiro atoms. The largest absolute Gasteiger partial charge is 0.370 e. The van der Waals surface area contributed by atoms with E-state index < -0.39 is 0 Å². The van der Waals surface area contributed by atoms with Crippen molar-refractivity contribution >= 4 is 17.4 Å². The molecule has 0 aliphatic carbocycles. The molecule has 5 heteroatoms. The average Bonchev–Trinajstić information content (AvgIpc) is 2.44. The molecule has 0 unspecified atom stereocenters. The summed E-state index contributed by atoms with van der Waals surface area (Å²) in [5.41, 5.74) is 2.22. The van der Waals surface area contributed by atoms with Crippen LogP contribution in [-0.4, -0.2) is 22.4 Å². The summed E-state index contributed by atoms with van der Waals surface area (Å²) in [5.74, 6) is 1.52. The van der Waals surface area contributed by atoms with Crippen molar-refractivity contribution in [3.8, 4) is 0 Å². The van der Waals surface area contributed by atoms with Gasteiger partial charge < -0.3 is 10.6 Å². The summed E-state index contributed by atoms with van der Waals surface area (Å²) >= 11 is 0. The minimum absolute atomic E-state index is 0.233. The van der Waals surface area contributed by atoms with E-state index >= 15 is 0 Å². The first-order valence-electron chi connectivity index (χ1n) is 7.41. The Morgan fingerprint density at radius 3 is 2.64 bits per heavy atom. The SMILES string of the molecule is Cc1cccc(NC(=O)c2cc(NCC(C)C)nc(C)n2)c1. The van der Waals surface area contributed by atoms with Crippen LogP contribution in [0.3, 0.4) is 0 Å². The summed E-state index contributed by atoms with van der Waals surface area (Å²) in [4.78, 5) is 20.9. The number of benzene rings is 1. The van der Waals surface area contributed by atoms with E-state index in [0.29, 0.717) is 23.3 Å². The molecule has 1 heterocycles. The Labute approximate surface area is 131 Å². The van der Waals surface area contributed by atoms with Crippen molar-refractivity contribution in [2.45, 2.75) is 27.7 Å². The molecule has 2 N–H and O–H groups in total. The van der Waals surface area contributed by atoms with Gasteiger partial charge in [0.05, 0.1) is 0 Å². The number of hydrogen-bond acceptors (Lipinski definition) is 4.